The van der Waals surface area contributed by atoms with Crippen molar-refractivity contribution in [3.63, 3.8) is 0 Å². The number of hydrogen-bond donors (Lipinski definition) is 1. The van der Waals surface area contributed by atoms with Crippen LogP contribution in [0.4, 0.5) is 0 Å². The van der Waals surface area contributed by atoms with E-state index in [2.05, 4.69) is 39.2 Å². The molecule has 1 rings (SSSR count). The average Bonchev–Trinajstić information content (AvgIpc) is 2.73. The Labute approximate surface area is 211 Å². The van der Waals surface area contributed by atoms with Crippen LogP contribution < -0.4 is 17.0 Å². The first-order valence-electron chi connectivity index (χ1n) is 13.5. The van der Waals surface area contributed by atoms with Gasteiger partial charge in [-0.1, -0.05) is 121 Å². The Morgan fingerprint density at radius 1 is 0.688 bits per heavy atom. The highest BCUT2D eigenvalue weighted by Gasteiger charge is 2.18. The average molecular weight is 513 g/mol. The molecule has 1 atom stereocenters. The Balaban J connectivity index is 0.00000961. The number of hydrogen-bond acceptors (Lipinski definition) is 1. The van der Waals surface area contributed by atoms with Crippen molar-refractivity contribution in [2.45, 2.75) is 129 Å². The third-order valence-electron chi connectivity index (χ3n) is 6.72. The monoisotopic (exact) mass is 511 g/mol. The lowest BCUT2D eigenvalue weighted by molar-refractivity contribution is -0.903. The Morgan fingerprint density at radius 2 is 1.09 bits per heavy atom. The lowest BCUT2D eigenvalue weighted by atomic mass is 10.0. The molecule has 1 aromatic carbocycles. The van der Waals surface area contributed by atoms with Crippen LogP contribution in [-0.4, -0.2) is 30.2 Å². The van der Waals surface area contributed by atoms with E-state index < -0.39 is 0 Å². The molecule has 0 saturated carbocycles. The zero-order chi connectivity index (χ0) is 22.8. The zero-order valence-electron chi connectivity index (χ0n) is 21.9. The van der Waals surface area contributed by atoms with Crippen LogP contribution in [-0.2, 0) is 6.54 Å². The van der Waals surface area contributed by atoms with Gasteiger partial charge in [0.05, 0.1) is 26.7 Å². The maximum Gasteiger partial charge on any atom is 0.104 e. The molecule has 0 amide bonds. The maximum atomic E-state index is 10.0. The highest BCUT2D eigenvalue weighted by molar-refractivity contribution is 5.28. The summed E-state index contributed by atoms with van der Waals surface area (Å²) in [5, 5.41) is 10.0. The van der Waals surface area contributed by atoms with Gasteiger partial charge in [-0.15, -0.1) is 0 Å². The van der Waals surface area contributed by atoms with E-state index in [9.17, 15) is 5.11 Å². The van der Waals surface area contributed by atoms with E-state index in [4.69, 9.17) is 0 Å². The summed E-state index contributed by atoms with van der Waals surface area (Å²) >= 11 is 0. The standard InChI is InChI=1S/C29H54NO.BrH/c1-5-6-7-8-9-10-11-12-13-14-15-16-17-18-19-22-25-30(3,4)26-28-23-20-21-24-29(28)27(2)31;/h20-21,23-24,27,31H,5-19,22,25-26H2,1-4H3;1H/q+1;/p-1. The lowest BCUT2D eigenvalue weighted by Gasteiger charge is -2.31. The fourth-order valence-corrected chi connectivity index (χ4v) is 4.71. The molecule has 1 N–H and O–H groups in total. The van der Waals surface area contributed by atoms with Crippen molar-refractivity contribution in [2.24, 2.45) is 0 Å². The van der Waals surface area contributed by atoms with Crippen molar-refractivity contribution in [3.05, 3.63) is 35.4 Å². The second-order valence-corrected chi connectivity index (χ2v) is 10.5. The maximum absolute atomic E-state index is 10.0. The molecule has 0 aliphatic heterocycles. The van der Waals surface area contributed by atoms with Gasteiger partial charge in [-0.05, 0) is 25.3 Å². The van der Waals surface area contributed by atoms with Crippen molar-refractivity contribution in [3.8, 4) is 0 Å². The molecule has 0 bridgehead atoms. The van der Waals surface area contributed by atoms with Crippen LogP contribution >= 0.6 is 0 Å². The molecule has 2 nitrogen and oxygen atoms in total. The van der Waals surface area contributed by atoms with Crippen LogP contribution in [0.2, 0.25) is 0 Å². The van der Waals surface area contributed by atoms with E-state index in [1.807, 2.05) is 13.0 Å². The summed E-state index contributed by atoms with van der Waals surface area (Å²) in [4.78, 5) is 0. The van der Waals surface area contributed by atoms with Crippen molar-refractivity contribution in [2.75, 3.05) is 20.6 Å². The van der Waals surface area contributed by atoms with Crippen LogP contribution in [0.5, 0.6) is 0 Å². The summed E-state index contributed by atoms with van der Waals surface area (Å²) in [5.41, 5.74) is 2.37. The topological polar surface area (TPSA) is 20.2 Å². The molecule has 0 fully saturated rings. The molecule has 188 valence electrons. The van der Waals surface area contributed by atoms with E-state index >= 15 is 0 Å². The molecule has 1 aromatic rings. The lowest BCUT2D eigenvalue weighted by Crippen LogP contribution is -3.00. The molecule has 3 heteroatoms. The van der Waals surface area contributed by atoms with Gasteiger partial charge in [-0.2, -0.15) is 0 Å². The molecule has 0 saturated heterocycles. The first-order valence-corrected chi connectivity index (χ1v) is 13.5. The molecular weight excluding hydrogens is 458 g/mol. The highest BCUT2D eigenvalue weighted by Crippen LogP contribution is 2.21. The number of aliphatic hydroxyl groups excluding tert-OH is 1. The third kappa shape index (κ3) is 16.3. The van der Waals surface area contributed by atoms with Crippen LogP contribution in [0.25, 0.3) is 0 Å². The molecule has 0 radical (unpaired) electrons. The molecule has 0 aromatic heterocycles. The molecule has 1 unspecified atom stereocenters. The van der Waals surface area contributed by atoms with Gasteiger partial charge >= 0.3 is 0 Å². The van der Waals surface area contributed by atoms with E-state index in [-0.39, 0.29) is 23.1 Å². The summed E-state index contributed by atoms with van der Waals surface area (Å²) in [6.45, 7) is 6.38. The molecule has 0 heterocycles. The van der Waals surface area contributed by atoms with Crippen LogP contribution in [0.1, 0.15) is 134 Å². The van der Waals surface area contributed by atoms with E-state index in [1.54, 1.807) is 0 Å². The Kier molecular flexibility index (Phi) is 19.8. The second-order valence-electron chi connectivity index (χ2n) is 10.5. The van der Waals surface area contributed by atoms with E-state index in [0.717, 1.165) is 16.6 Å². The molecule has 32 heavy (non-hydrogen) atoms. The molecular formula is C29H54BrNO. The summed E-state index contributed by atoms with van der Waals surface area (Å²) in [7, 11) is 4.65. The molecule has 0 aliphatic carbocycles. The minimum Gasteiger partial charge on any atom is -1.00 e. The number of benzene rings is 1. The summed E-state index contributed by atoms with van der Waals surface area (Å²) in [6, 6.07) is 8.36. The van der Waals surface area contributed by atoms with Crippen LogP contribution in [0.3, 0.4) is 0 Å². The first kappa shape index (κ1) is 31.6. The number of aliphatic hydroxyl groups is 1. The second kappa shape index (κ2) is 20.0. The minimum absolute atomic E-state index is 0. The highest BCUT2D eigenvalue weighted by atomic mass is 79.9. The van der Waals surface area contributed by atoms with Gasteiger partial charge in [-0.25, -0.2) is 0 Å². The Bertz CT molecular complexity index is 544. The van der Waals surface area contributed by atoms with Crippen LogP contribution in [0, 0.1) is 0 Å². The van der Waals surface area contributed by atoms with Gasteiger partial charge in [-0.3, -0.25) is 0 Å². The Morgan fingerprint density at radius 3 is 1.53 bits per heavy atom. The SMILES string of the molecule is CCCCCCCCCCCCCCCCCC[N+](C)(C)Cc1ccccc1C(C)O.[Br-]. The van der Waals surface area contributed by atoms with Gasteiger partial charge < -0.3 is 26.6 Å². The number of nitrogens with zero attached hydrogens (tertiary/aromatic N) is 1. The fraction of sp³-hybridized carbons (Fsp3) is 0.793. The van der Waals surface area contributed by atoms with Gasteiger partial charge in [0, 0.05) is 5.56 Å². The Hall–Kier alpha value is -0.380. The predicted octanol–water partition coefficient (Wildman–Crippen LogP) is 5.58. The van der Waals surface area contributed by atoms with Gasteiger partial charge in [0.2, 0.25) is 0 Å². The quantitative estimate of drug-likeness (QED) is 0.179. The smallest absolute Gasteiger partial charge is 0.104 e. The van der Waals surface area contributed by atoms with Crippen molar-refractivity contribution in [1.82, 2.24) is 0 Å². The summed E-state index contributed by atoms with van der Waals surface area (Å²) in [5.74, 6) is 0. The molecule has 0 aliphatic rings. The predicted molar refractivity (Wildman–Crippen MR) is 137 cm³/mol. The largest absolute Gasteiger partial charge is 1.00 e. The zero-order valence-corrected chi connectivity index (χ0v) is 23.5. The van der Waals surface area contributed by atoms with E-state index in [0.29, 0.717) is 0 Å². The first-order chi connectivity index (χ1) is 15.0. The fourth-order valence-electron chi connectivity index (χ4n) is 4.71. The summed E-state index contributed by atoms with van der Waals surface area (Å²) < 4.78 is 1.00. The van der Waals surface area contributed by atoms with Gasteiger partial charge in [0.25, 0.3) is 0 Å². The third-order valence-corrected chi connectivity index (χ3v) is 6.72. The number of halogens is 1. The van der Waals surface area contributed by atoms with Gasteiger partial charge in [0.15, 0.2) is 0 Å². The van der Waals surface area contributed by atoms with Crippen molar-refractivity contribution < 1.29 is 26.6 Å². The number of unbranched alkanes of at least 4 members (excludes halogenated alkanes) is 15. The van der Waals surface area contributed by atoms with E-state index in [1.165, 1.54) is 115 Å². The number of quaternary nitrogens is 1. The molecule has 0 spiro atoms. The van der Waals surface area contributed by atoms with Gasteiger partial charge in [0.1, 0.15) is 6.54 Å². The minimum atomic E-state index is -0.383. The van der Waals surface area contributed by atoms with Crippen molar-refractivity contribution >= 4 is 0 Å². The summed E-state index contributed by atoms with van der Waals surface area (Å²) in [6.07, 6.45) is 22.4. The normalized spacial score (nSPS) is 12.5. The van der Waals surface area contributed by atoms with Crippen LogP contribution in [0.15, 0.2) is 24.3 Å². The van der Waals surface area contributed by atoms with Crippen molar-refractivity contribution in [1.29, 1.82) is 0 Å². The number of rotatable bonds is 20.